The lowest BCUT2D eigenvalue weighted by Crippen LogP contribution is -3.15. The highest BCUT2D eigenvalue weighted by Crippen LogP contribution is 2.27. The number of quaternary nitrogens is 1. The molecular formula is C20H23FN3O2+. The van der Waals surface area contributed by atoms with E-state index in [9.17, 15) is 14.0 Å². The van der Waals surface area contributed by atoms with Gasteiger partial charge in [0.2, 0.25) is 0 Å². The number of halogens is 1. The number of carbonyl (C=O) groups is 2. The third kappa shape index (κ3) is 3.91. The van der Waals surface area contributed by atoms with Gasteiger partial charge in [0.15, 0.2) is 12.6 Å². The van der Waals surface area contributed by atoms with Gasteiger partial charge < -0.3 is 15.1 Å². The second-order valence-electron chi connectivity index (χ2n) is 6.67. The molecule has 1 aliphatic rings. The van der Waals surface area contributed by atoms with Crippen LogP contribution in [0.4, 0.5) is 15.8 Å². The SMILES string of the molecule is C[C@H](C(=O)N1CCc2ccccc21)[NH+](C)CC(=O)Nc1cccc(F)c1. The average Bonchev–Trinajstić information content (AvgIpc) is 3.04. The van der Waals surface area contributed by atoms with Gasteiger partial charge in [0, 0.05) is 17.9 Å². The van der Waals surface area contributed by atoms with Crippen molar-refractivity contribution in [2.24, 2.45) is 0 Å². The van der Waals surface area contributed by atoms with Crippen molar-refractivity contribution in [2.75, 3.05) is 30.4 Å². The van der Waals surface area contributed by atoms with E-state index in [1.54, 1.807) is 17.0 Å². The van der Waals surface area contributed by atoms with Crippen LogP contribution in [-0.4, -0.2) is 38.0 Å². The molecule has 0 aliphatic carbocycles. The Morgan fingerprint density at radius 2 is 2.00 bits per heavy atom. The number of rotatable bonds is 5. The van der Waals surface area contributed by atoms with Crippen molar-refractivity contribution in [3.8, 4) is 0 Å². The number of likely N-dealkylation sites (N-methyl/N-ethyl adjacent to an activating group) is 1. The molecule has 1 heterocycles. The van der Waals surface area contributed by atoms with Crippen LogP contribution in [0.3, 0.4) is 0 Å². The molecule has 0 saturated heterocycles. The van der Waals surface area contributed by atoms with E-state index in [-0.39, 0.29) is 24.4 Å². The minimum Gasteiger partial charge on any atom is -0.321 e. The van der Waals surface area contributed by atoms with Gasteiger partial charge in [-0.15, -0.1) is 0 Å². The maximum absolute atomic E-state index is 13.2. The van der Waals surface area contributed by atoms with Gasteiger partial charge in [0.1, 0.15) is 5.82 Å². The number of anilines is 2. The van der Waals surface area contributed by atoms with Gasteiger partial charge in [-0.05, 0) is 43.2 Å². The molecule has 0 fully saturated rings. The smallest absolute Gasteiger partial charge is 0.284 e. The van der Waals surface area contributed by atoms with Crippen molar-refractivity contribution in [2.45, 2.75) is 19.4 Å². The van der Waals surface area contributed by atoms with Crippen molar-refractivity contribution in [1.82, 2.24) is 0 Å². The summed E-state index contributed by atoms with van der Waals surface area (Å²) in [5.41, 5.74) is 2.55. The lowest BCUT2D eigenvalue weighted by atomic mass is 10.2. The predicted molar refractivity (Wildman–Crippen MR) is 98.7 cm³/mol. The first kappa shape index (κ1) is 18.1. The molecule has 2 amide bonds. The van der Waals surface area contributed by atoms with E-state index < -0.39 is 5.82 Å². The van der Waals surface area contributed by atoms with E-state index in [1.807, 2.05) is 38.2 Å². The standard InChI is InChI=1S/C20H22FN3O2/c1-14(20(26)24-11-10-15-6-3-4-9-18(15)24)23(2)13-19(25)22-17-8-5-7-16(21)12-17/h3-9,12,14H,10-11,13H2,1-2H3,(H,22,25)/p+1/t14-/m1/s1. The average molecular weight is 356 g/mol. The zero-order chi connectivity index (χ0) is 18.7. The number of amides is 2. The number of para-hydroxylation sites is 1. The Kier molecular flexibility index (Phi) is 5.32. The van der Waals surface area contributed by atoms with Crippen LogP contribution in [-0.2, 0) is 16.0 Å². The molecule has 0 radical (unpaired) electrons. The van der Waals surface area contributed by atoms with E-state index in [1.165, 1.54) is 17.7 Å². The Morgan fingerprint density at radius 3 is 2.77 bits per heavy atom. The summed E-state index contributed by atoms with van der Waals surface area (Å²) in [7, 11) is 1.82. The van der Waals surface area contributed by atoms with Crippen LogP contribution in [0.5, 0.6) is 0 Å². The fourth-order valence-electron chi connectivity index (χ4n) is 3.19. The topological polar surface area (TPSA) is 53.9 Å². The Bertz CT molecular complexity index is 824. The molecule has 0 bridgehead atoms. The number of hydrogen-bond acceptors (Lipinski definition) is 2. The number of hydrogen-bond donors (Lipinski definition) is 2. The van der Waals surface area contributed by atoms with Crippen molar-refractivity contribution in [3.05, 3.63) is 59.9 Å². The van der Waals surface area contributed by atoms with Gasteiger partial charge in [-0.3, -0.25) is 9.59 Å². The van der Waals surface area contributed by atoms with Gasteiger partial charge in [0.25, 0.3) is 11.8 Å². The fourth-order valence-corrected chi connectivity index (χ4v) is 3.19. The molecule has 2 N–H and O–H groups in total. The summed E-state index contributed by atoms with van der Waals surface area (Å²) in [5, 5.41) is 2.67. The molecule has 2 aromatic rings. The molecule has 0 aromatic heterocycles. The summed E-state index contributed by atoms with van der Waals surface area (Å²) in [6.45, 7) is 2.62. The van der Waals surface area contributed by atoms with Crippen LogP contribution in [0.2, 0.25) is 0 Å². The second-order valence-corrected chi connectivity index (χ2v) is 6.67. The summed E-state index contributed by atoms with van der Waals surface area (Å²) >= 11 is 0. The first-order valence-electron chi connectivity index (χ1n) is 8.72. The molecule has 3 rings (SSSR count). The van der Waals surface area contributed by atoms with Crippen LogP contribution in [0.25, 0.3) is 0 Å². The van der Waals surface area contributed by atoms with E-state index >= 15 is 0 Å². The summed E-state index contributed by atoms with van der Waals surface area (Å²) in [6.07, 6.45) is 0.855. The predicted octanol–water partition coefficient (Wildman–Crippen LogP) is 1.26. The number of benzene rings is 2. The minimum absolute atomic E-state index is 0.00556. The maximum Gasteiger partial charge on any atom is 0.284 e. The van der Waals surface area contributed by atoms with Gasteiger partial charge in [-0.2, -0.15) is 0 Å². The highest BCUT2D eigenvalue weighted by atomic mass is 19.1. The summed E-state index contributed by atoms with van der Waals surface area (Å²) in [4.78, 5) is 27.6. The Labute approximate surface area is 152 Å². The summed E-state index contributed by atoms with van der Waals surface area (Å²) in [6, 6.07) is 13.3. The van der Waals surface area contributed by atoms with Gasteiger partial charge in [0.05, 0.1) is 7.05 Å². The largest absolute Gasteiger partial charge is 0.321 e. The van der Waals surface area contributed by atoms with Crippen LogP contribution < -0.4 is 15.1 Å². The second kappa shape index (κ2) is 7.66. The zero-order valence-corrected chi connectivity index (χ0v) is 15.0. The molecule has 6 heteroatoms. The van der Waals surface area contributed by atoms with Gasteiger partial charge in [-0.1, -0.05) is 24.3 Å². The molecule has 0 spiro atoms. The molecule has 1 unspecified atom stereocenters. The number of nitrogens with zero attached hydrogens (tertiary/aromatic N) is 1. The van der Waals surface area contributed by atoms with Gasteiger partial charge >= 0.3 is 0 Å². The summed E-state index contributed by atoms with van der Waals surface area (Å²) < 4.78 is 13.2. The van der Waals surface area contributed by atoms with Crippen LogP contribution in [0.1, 0.15) is 12.5 Å². The highest BCUT2D eigenvalue weighted by Gasteiger charge is 2.32. The molecule has 0 saturated carbocycles. The van der Waals surface area contributed by atoms with E-state index in [4.69, 9.17) is 0 Å². The molecule has 136 valence electrons. The lowest BCUT2D eigenvalue weighted by Gasteiger charge is -2.25. The van der Waals surface area contributed by atoms with E-state index in [0.29, 0.717) is 12.2 Å². The Morgan fingerprint density at radius 1 is 1.23 bits per heavy atom. The molecular weight excluding hydrogens is 333 g/mol. The number of nitrogens with one attached hydrogen (secondary N) is 2. The van der Waals surface area contributed by atoms with Crippen molar-refractivity contribution in [3.63, 3.8) is 0 Å². The fraction of sp³-hybridized carbons (Fsp3) is 0.300. The van der Waals surface area contributed by atoms with Crippen molar-refractivity contribution < 1.29 is 18.9 Å². The molecule has 5 nitrogen and oxygen atoms in total. The van der Waals surface area contributed by atoms with Crippen LogP contribution >= 0.6 is 0 Å². The third-order valence-corrected chi connectivity index (χ3v) is 4.81. The number of carbonyl (C=O) groups excluding carboxylic acids is 2. The third-order valence-electron chi connectivity index (χ3n) is 4.81. The summed E-state index contributed by atoms with van der Waals surface area (Å²) in [5.74, 6) is -0.652. The molecule has 26 heavy (non-hydrogen) atoms. The molecule has 2 aromatic carbocycles. The maximum atomic E-state index is 13.2. The molecule has 1 aliphatic heterocycles. The Balaban J connectivity index is 1.60. The van der Waals surface area contributed by atoms with Crippen molar-refractivity contribution in [1.29, 1.82) is 0 Å². The molecule has 2 atom stereocenters. The Hall–Kier alpha value is -2.73. The van der Waals surface area contributed by atoms with E-state index in [2.05, 4.69) is 5.32 Å². The van der Waals surface area contributed by atoms with Crippen molar-refractivity contribution >= 4 is 23.2 Å². The minimum atomic E-state index is -0.403. The monoisotopic (exact) mass is 356 g/mol. The lowest BCUT2D eigenvalue weighted by molar-refractivity contribution is -0.885. The quantitative estimate of drug-likeness (QED) is 0.847. The number of fused-ring (bicyclic) bond motifs is 1. The highest BCUT2D eigenvalue weighted by molar-refractivity contribution is 5.98. The normalized spacial score (nSPS) is 15.3. The van der Waals surface area contributed by atoms with Crippen LogP contribution in [0, 0.1) is 5.82 Å². The van der Waals surface area contributed by atoms with Gasteiger partial charge in [-0.25, -0.2) is 4.39 Å². The first-order valence-corrected chi connectivity index (χ1v) is 8.72. The van der Waals surface area contributed by atoms with E-state index in [0.717, 1.165) is 17.0 Å². The first-order chi connectivity index (χ1) is 12.5. The zero-order valence-electron chi connectivity index (χ0n) is 15.0. The van der Waals surface area contributed by atoms with Crippen LogP contribution in [0.15, 0.2) is 48.5 Å².